The molecule has 0 aromatic heterocycles. The number of hydrogen-bond acceptors (Lipinski definition) is 3. The molecule has 3 nitrogen and oxygen atoms in total. The van der Waals surface area contributed by atoms with Crippen molar-refractivity contribution in [1.29, 1.82) is 0 Å². The van der Waals surface area contributed by atoms with Gasteiger partial charge in [0, 0.05) is 4.90 Å². The quantitative estimate of drug-likeness (QED) is 0.343. The second kappa shape index (κ2) is 5.02. The Kier molecular flexibility index (Phi) is 3.98. The smallest absolute Gasteiger partial charge is 0.244 e. The summed E-state index contributed by atoms with van der Waals surface area (Å²) in [4.78, 5) is 12.1. The number of thioether (sulfide) groups is 1. The fourth-order valence-electron chi connectivity index (χ4n) is 1.07. The highest BCUT2D eigenvalue weighted by atomic mass is 32.2. The number of hydrogen-bond donors (Lipinski definition) is 2. The molecular formula is C10H14N2OS. The molecule has 0 unspecified atom stereocenters. The van der Waals surface area contributed by atoms with Gasteiger partial charge < -0.3 is 0 Å². The number of aryl methyl sites for hydroxylation is 1. The lowest BCUT2D eigenvalue weighted by Gasteiger charge is -2.06. The maximum atomic E-state index is 10.9. The van der Waals surface area contributed by atoms with Crippen LogP contribution in [0.4, 0.5) is 0 Å². The Morgan fingerprint density at radius 3 is 2.86 bits per heavy atom. The van der Waals surface area contributed by atoms with Gasteiger partial charge in [-0.2, -0.15) is 0 Å². The minimum absolute atomic E-state index is 0.157. The number of amides is 1. The second-order valence-electron chi connectivity index (χ2n) is 3.05. The third-order valence-electron chi connectivity index (χ3n) is 2.07. The molecule has 4 heteroatoms. The van der Waals surface area contributed by atoms with E-state index in [0.29, 0.717) is 5.75 Å². The van der Waals surface area contributed by atoms with Crippen LogP contribution in [0.15, 0.2) is 23.1 Å². The molecule has 0 fully saturated rings. The minimum Gasteiger partial charge on any atom is -0.294 e. The molecular weight excluding hydrogens is 196 g/mol. The van der Waals surface area contributed by atoms with Crippen molar-refractivity contribution in [3.8, 4) is 0 Å². The zero-order valence-electron chi connectivity index (χ0n) is 8.33. The first-order valence-corrected chi connectivity index (χ1v) is 5.32. The fraction of sp³-hybridized carbons (Fsp3) is 0.300. The monoisotopic (exact) mass is 210 g/mol. The molecule has 0 aliphatic heterocycles. The normalized spacial score (nSPS) is 9.93. The van der Waals surface area contributed by atoms with Crippen molar-refractivity contribution >= 4 is 17.7 Å². The molecule has 0 aliphatic rings. The summed E-state index contributed by atoms with van der Waals surface area (Å²) in [5.41, 5.74) is 4.57. The van der Waals surface area contributed by atoms with Crippen molar-refractivity contribution < 1.29 is 4.79 Å². The SMILES string of the molecule is Cc1cccc(SCC(=O)NN)c1C. The van der Waals surface area contributed by atoms with E-state index in [9.17, 15) is 4.79 Å². The van der Waals surface area contributed by atoms with Crippen LogP contribution in [0.1, 0.15) is 11.1 Å². The molecule has 0 atom stereocenters. The van der Waals surface area contributed by atoms with Gasteiger partial charge >= 0.3 is 0 Å². The number of nitrogens with one attached hydrogen (secondary N) is 1. The Hall–Kier alpha value is -1.00. The van der Waals surface area contributed by atoms with Crippen molar-refractivity contribution in [2.45, 2.75) is 18.7 Å². The number of carbonyl (C=O) groups excluding carboxylic acids is 1. The highest BCUT2D eigenvalue weighted by Gasteiger charge is 2.04. The lowest BCUT2D eigenvalue weighted by atomic mass is 10.1. The number of rotatable bonds is 3. The van der Waals surface area contributed by atoms with Crippen LogP contribution in [-0.2, 0) is 4.79 Å². The molecule has 0 heterocycles. The lowest BCUT2D eigenvalue weighted by molar-refractivity contribution is -0.118. The van der Waals surface area contributed by atoms with Crippen molar-refractivity contribution in [2.75, 3.05) is 5.75 Å². The van der Waals surface area contributed by atoms with E-state index in [1.54, 1.807) is 0 Å². The Balaban J connectivity index is 2.68. The maximum absolute atomic E-state index is 10.9. The van der Waals surface area contributed by atoms with E-state index in [-0.39, 0.29) is 5.91 Å². The Morgan fingerprint density at radius 2 is 2.21 bits per heavy atom. The predicted molar refractivity (Wildman–Crippen MR) is 59.0 cm³/mol. The molecule has 1 aromatic carbocycles. The Morgan fingerprint density at radius 1 is 1.50 bits per heavy atom. The summed E-state index contributed by atoms with van der Waals surface area (Å²) in [5, 5.41) is 0. The first kappa shape index (κ1) is 11.1. The highest BCUT2D eigenvalue weighted by Crippen LogP contribution is 2.23. The van der Waals surface area contributed by atoms with Gasteiger partial charge in [-0.15, -0.1) is 11.8 Å². The van der Waals surface area contributed by atoms with Gasteiger partial charge in [-0.25, -0.2) is 5.84 Å². The van der Waals surface area contributed by atoms with E-state index in [2.05, 4.69) is 25.3 Å². The van der Waals surface area contributed by atoms with E-state index in [4.69, 9.17) is 5.84 Å². The molecule has 0 spiro atoms. The van der Waals surface area contributed by atoms with Crippen LogP contribution < -0.4 is 11.3 Å². The molecule has 0 saturated heterocycles. The van der Waals surface area contributed by atoms with Gasteiger partial charge in [0.1, 0.15) is 0 Å². The van der Waals surface area contributed by atoms with Crippen LogP contribution in [0.2, 0.25) is 0 Å². The van der Waals surface area contributed by atoms with E-state index < -0.39 is 0 Å². The van der Waals surface area contributed by atoms with Gasteiger partial charge in [0.25, 0.3) is 0 Å². The van der Waals surface area contributed by atoms with Gasteiger partial charge in [0.2, 0.25) is 5.91 Å². The summed E-state index contributed by atoms with van der Waals surface area (Å²) in [6, 6.07) is 6.06. The van der Waals surface area contributed by atoms with Crippen molar-refractivity contribution in [2.24, 2.45) is 5.84 Å². The molecule has 1 rings (SSSR count). The molecule has 0 saturated carbocycles. The molecule has 76 valence electrons. The van der Waals surface area contributed by atoms with Gasteiger partial charge in [0.15, 0.2) is 0 Å². The zero-order valence-corrected chi connectivity index (χ0v) is 9.15. The van der Waals surface area contributed by atoms with Crippen LogP contribution in [0.5, 0.6) is 0 Å². The fourth-order valence-corrected chi connectivity index (χ4v) is 1.99. The Bertz CT molecular complexity index is 339. The lowest BCUT2D eigenvalue weighted by Crippen LogP contribution is -2.31. The first-order valence-electron chi connectivity index (χ1n) is 4.33. The van der Waals surface area contributed by atoms with E-state index in [1.807, 2.05) is 12.1 Å². The maximum Gasteiger partial charge on any atom is 0.244 e. The number of hydrazine groups is 1. The molecule has 1 amide bonds. The Labute approximate surface area is 88.0 Å². The molecule has 0 radical (unpaired) electrons. The number of benzene rings is 1. The summed E-state index contributed by atoms with van der Waals surface area (Å²) >= 11 is 1.50. The zero-order chi connectivity index (χ0) is 10.6. The van der Waals surface area contributed by atoms with Crippen molar-refractivity contribution in [3.63, 3.8) is 0 Å². The third-order valence-corrected chi connectivity index (χ3v) is 3.23. The summed E-state index contributed by atoms with van der Waals surface area (Å²) in [6.07, 6.45) is 0. The summed E-state index contributed by atoms with van der Waals surface area (Å²) in [6.45, 7) is 4.11. The molecule has 0 bridgehead atoms. The van der Waals surface area contributed by atoms with Crippen LogP contribution >= 0.6 is 11.8 Å². The largest absolute Gasteiger partial charge is 0.294 e. The van der Waals surface area contributed by atoms with Gasteiger partial charge in [0.05, 0.1) is 5.75 Å². The molecule has 3 N–H and O–H groups in total. The summed E-state index contributed by atoms with van der Waals surface area (Å²) < 4.78 is 0. The molecule has 0 aliphatic carbocycles. The van der Waals surface area contributed by atoms with E-state index in [0.717, 1.165) is 4.90 Å². The first-order chi connectivity index (χ1) is 6.65. The number of nitrogens with two attached hydrogens (primary N) is 1. The average Bonchev–Trinajstić information content (AvgIpc) is 2.20. The van der Waals surface area contributed by atoms with Gasteiger partial charge in [-0.05, 0) is 31.0 Å². The average molecular weight is 210 g/mol. The summed E-state index contributed by atoms with van der Waals surface area (Å²) in [7, 11) is 0. The van der Waals surface area contributed by atoms with Crippen LogP contribution in [0.3, 0.4) is 0 Å². The standard InChI is InChI=1S/C10H14N2OS/c1-7-4-3-5-9(8(7)2)14-6-10(13)12-11/h3-5H,6,11H2,1-2H3,(H,12,13). The second-order valence-corrected chi connectivity index (χ2v) is 4.07. The molecule has 14 heavy (non-hydrogen) atoms. The number of carbonyl (C=O) groups is 1. The van der Waals surface area contributed by atoms with Crippen LogP contribution in [-0.4, -0.2) is 11.7 Å². The van der Waals surface area contributed by atoms with E-state index in [1.165, 1.54) is 22.9 Å². The predicted octanol–water partition coefficient (Wildman–Crippen LogP) is 1.39. The van der Waals surface area contributed by atoms with Gasteiger partial charge in [-0.3, -0.25) is 10.2 Å². The highest BCUT2D eigenvalue weighted by molar-refractivity contribution is 8.00. The van der Waals surface area contributed by atoms with Crippen LogP contribution in [0, 0.1) is 13.8 Å². The van der Waals surface area contributed by atoms with Gasteiger partial charge in [-0.1, -0.05) is 12.1 Å². The molecule has 1 aromatic rings. The van der Waals surface area contributed by atoms with Crippen LogP contribution in [0.25, 0.3) is 0 Å². The topological polar surface area (TPSA) is 55.1 Å². The summed E-state index contributed by atoms with van der Waals surface area (Å²) in [5.74, 6) is 5.20. The third kappa shape index (κ3) is 2.75. The van der Waals surface area contributed by atoms with E-state index >= 15 is 0 Å². The van der Waals surface area contributed by atoms with Crippen molar-refractivity contribution in [1.82, 2.24) is 5.43 Å². The minimum atomic E-state index is -0.157. The van der Waals surface area contributed by atoms with Crippen molar-refractivity contribution in [3.05, 3.63) is 29.3 Å².